The molecule has 48 nitrogen and oxygen atoms in total. The first kappa shape index (κ1) is 124. The Balaban J connectivity index is 1.08. The van der Waals surface area contributed by atoms with E-state index >= 15 is 0 Å². The molecule has 140 heavy (non-hydrogen) atoms. The smallest absolute Gasteiger partial charge is 0.187 e. The van der Waals surface area contributed by atoms with Gasteiger partial charge in [-0.1, -0.05) is 6.42 Å². The molecule has 824 valence electrons. The molecule has 27 saturated heterocycles. The van der Waals surface area contributed by atoms with Gasteiger partial charge in [0.2, 0.25) is 0 Å². The third kappa shape index (κ3) is 38.8. The molecule has 27 aliphatic rings. The predicted octanol–water partition coefficient (Wildman–Crippen LogP) is -9.99. The van der Waals surface area contributed by atoms with Gasteiger partial charge in [0, 0.05) is 105 Å². The molecule has 27 rings (SSSR count). The SMILES string of the molecule is OCCOCCSCC1OC2OC3C(CSCCOCCO)OC(OC4C(CSCCOCCO)OC(OC5C(CSCCOCCO)OC(OC6C(CSCCOCCO)OC(OC7C(CSCCOCCO)OC(OC8C(CSCCOCCO)OC(OC9C(CSCCOCCO)OC(OCCCCC1C(O)C2O)C(O)C9O)C(O)C8O)C(O)C7O)C(O)C6O)C(O)C5O)C(O)C4O)C(O)C3O. The fourth-order valence-electron chi connectivity index (χ4n) is 16.5. The van der Waals surface area contributed by atoms with E-state index in [1.54, 1.807) is 0 Å². The molecule has 0 saturated carbocycles. The first-order valence-electron chi connectivity index (χ1n) is 47.3. The lowest BCUT2D eigenvalue weighted by Crippen LogP contribution is -2.68. The molecule has 16 bridgehead atoms. The van der Waals surface area contributed by atoms with Gasteiger partial charge >= 0.3 is 0 Å². The Hall–Kier alpha value is 0.880. The highest BCUT2D eigenvalue weighted by molar-refractivity contribution is 8.00. The minimum atomic E-state index is -2.16. The zero-order chi connectivity index (χ0) is 101. The maximum Gasteiger partial charge on any atom is 0.187 e. The second-order valence-corrected chi connectivity index (χ2v) is 42.9. The molecule has 27 heterocycles. The van der Waals surface area contributed by atoms with Crippen molar-refractivity contribution >= 4 is 94.1 Å². The number of ether oxygens (including phenoxy) is 24. The first-order valence-corrected chi connectivity index (χ1v) is 56.6. The van der Waals surface area contributed by atoms with Crippen LogP contribution in [-0.4, -0.2) is 619 Å². The summed E-state index contributed by atoms with van der Waals surface area (Å²) < 4.78 is 148. The summed E-state index contributed by atoms with van der Waals surface area (Å²) in [5, 5.41) is 274. The summed E-state index contributed by atoms with van der Waals surface area (Å²) in [5.74, 6) is 0.669. The lowest BCUT2D eigenvalue weighted by atomic mass is 9.85. The van der Waals surface area contributed by atoms with Crippen LogP contribution in [0.25, 0.3) is 0 Å². The van der Waals surface area contributed by atoms with Gasteiger partial charge in [0.15, 0.2) is 50.3 Å². The van der Waals surface area contributed by atoms with Crippen molar-refractivity contribution in [2.45, 2.75) is 259 Å². The van der Waals surface area contributed by atoms with Crippen LogP contribution in [0.4, 0.5) is 0 Å². The van der Waals surface area contributed by atoms with Crippen molar-refractivity contribution in [3.63, 3.8) is 0 Å². The normalized spacial score (nSPS) is 39.6. The highest BCUT2D eigenvalue weighted by Crippen LogP contribution is 2.43. The van der Waals surface area contributed by atoms with Crippen LogP contribution in [0.5, 0.6) is 0 Å². The number of rotatable bonds is 56. The van der Waals surface area contributed by atoms with Crippen LogP contribution in [-0.2, 0) is 114 Å². The third-order valence-corrected chi connectivity index (χ3v) is 31.9. The molecule has 40 unspecified atom stereocenters. The minimum absolute atomic E-state index is 0.000778. The van der Waals surface area contributed by atoms with Crippen molar-refractivity contribution in [1.29, 1.82) is 0 Å². The molecule has 40 atom stereocenters. The lowest BCUT2D eigenvalue weighted by Gasteiger charge is -2.50. The maximum atomic E-state index is 12.6. The molecule has 0 amide bonds. The number of aliphatic hydroxyl groups excluding tert-OH is 24. The zero-order valence-electron chi connectivity index (χ0n) is 78.0. The van der Waals surface area contributed by atoms with Gasteiger partial charge in [-0.2, -0.15) is 94.1 Å². The average molecular weight is 2190 g/mol. The molecule has 24 N–H and O–H groups in total. The minimum Gasteiger partial charge on any atom is -0.394 e. The van der Waals surface area contributed by atoms with E-state index in [-0.39, 0.29) is 265 Å². The molecule has 0 radical (unpaired) electrons. The highest BCUT2D eigenvalue weighted by atomic mass is 32.2. The molecular weight excluding hydrogens is 2030 g/mol. The molecule has 0 aliphatic carbocycles. The van der Waals surface area contributed by atoms with E-state index < -0.39 is 245 Å². The van der Waals surface area contributed by atoms with Gasteiger partial charge in [0.1, 0.15) is 134 Å². The largest absolute Gasteiger partial charge is 0.394 e. The molecule has 0 aromatic heterocycles. The van der Waals surface area contributed by atoms with Gasteiger partial charge in [-0.25, -0.2) is 0 Å². The molecule has 0 aromatic rings. The molecule has 27 fully saturated rings. The van der Waals surface area contributed by atoms with Gasteiger partial charge < -0.3 is 236 Å². The number of hydrogen-bond acceptors (Lipinski definition) is 56. The van der Waals surface area contributed by atoms with E-state index in [9.17, 15) is 123 Å². The van der Waals surface area contributed by atoms with Crippen molar-refractivity contribution in [2.24, 2.45) is 5.92 Å². The van der Waals surface area contributed by atoms with Crippen molar-refractivity contribution < 1.29 is 236 Å². The van der Waals surface area contributed by atoms with Gasteiger partial charge in [0.05, 0.1) is 214 Å². The van der Waals surface area contributed by atoms with Crippen LogP contribution in [0.2, 0.25) is 0 Å². The highest BCUT2D eigenvalue weighted by Gasteiger charge is 2.60. The molecular formula is C84H152O48S8. The van der Waals surface area contributed by atoms with Gasteiger partial charge in [-0.15, -0.1) is 0 Å². The predicted molar refractivity (Wildman–Crippen MR) is 505 cm³/mol. The van der Waals surface area contributed by atoms with E-state index in [0.29, 0.717) is 11.5 Å². The number of thioether (sulfide) groups is 8. The van der Waals surface area contributed by atoms with E-state index in [0.717, 1.165) is 0 Å². The maximum absolute atomic E-state index is 12.6. The summed E-state index contributed by atoms with van der Waals surface area (Å²) >= 11 is 9.75. The van der Waals surface area contributed by atoms with Crippen LogP contribution >= 0.6 is 94.1 Å². The van der Waals surface area contributed by atoms with E-state index in [4.69, 9.17) is 114 Å². The Bertz CT molecular complexity index is 3110. The Kier molecular flexibility index (Phi) is 61.8. The molecule has 27 aliphatic heterocycles. The monoisotopic (exact) mass is 2180 g/mol. The second-order valence-electron chi connectivity index (χ2n) is 33.7. The van der Waals surface area contributed by atoms with Crippen LogP contribution in [0.15, 0.2) is 0 Å². The summed E-state index contributed by atoms with van der Waals surface area (Å²) in [6.07, 6.45) is -68.8. The van der Waals surface area contributed by atoms with Crippen molar-refractivity contribution in [3.05, 3.63) is 0 Å². The summed E-state index contributed by atoms with van der Waals surface area (Å²) in [6.45, 7) is -1.42. The van der Waals surface area contributed by atoms with Gasteiger partial charge in [0.25, 0.3) is 0 Å². The van der Waals surface area contributed by atoms with E-state index in [1.807, 2.05) is 0 Å². The zero-order valence-corrected chi connectivity index (χ0v) is 84.5. The van der Waals surface area contributed by atoms with Crippen molar-refractivity contribution in [1.82, 2.24) is 0 Å². The number of aliphatic hydroxyl groups is 24. The Morgan fingerprint density at radius 1 is 0.179 bits per heavy atom. The summed E-state index contributed by atoms with van der Waals surface area (Å²) in [7, 11) is 0. The summed E-state index contributed by atoms with van der Waals surface area (Å²) in [4.78, 5) is 0. The molecule has 56 heteroatoms. The molecule has 0 spiro atoms. The van der Waals surface area contributed by atoms with E-state index in [1.165, 1.54) is 94.1 Å². The fourth-order valence-corrected chi connectivity index (χ4v) is 23.8. The number of hydrogen-bond donors (Lipinski definition) is 24. The standard InChI is InChI=1S/C84H152O48S8/c85-4-13-109-21-29-133-37-46-45-3-1-2-12-117-77-63(102)55(94)70(47(119-77)38-134-30-22-110-14-5-86)127-79-65(104)57(96)72(49(121-79)40-136-32-24-112-16-7-88)129-81-67(106)59(98)74(51(123-81)42-138-34-26-114-18-9-90)131-83-69(108)61(100)76(53(125-83)44-140-36-28-116-20-11-92)132-84-68(107)60(99)75(52(124-84)43-139-35-27-115-19-10-91)130-82-66(105)58(97)73(50(122-82)41-137-33-25-113-17-8-89)128-80-64(103)56(95)71(126-78(118-46)62(101)54(45)93)48(120-80)39-135-31-23-111-15-6-87/h45-108H,1-44H2. The quantitative estimate of drug-likeness (QED) is 0.0251. The Morgan fingerprint density at radius 3 is 0.536 bits per heavy atom. The second kappa shape index (κ2) is 69.6. The van der Waals surface area contributed by atoms with Crippen LogP contribution in [0.3, 0.4) is 0 Å². The average Bonchev–Trinajstić information content (AvgIpc) is 0.763. The van der Waals surface area contributed by atoms with Crippen LogP contribution in [0, 0.1) is 5.92 Å². The van der Waals surface area contributed by atoms with Crippen LogP contribution < -0.4 is 0 Å². The van der Waals surface area contributed by atoms with Gasteiger partial charge in [-0.3, -0.25) is 0 Å². The van der Waals surface area contributed by atoms with Crippen LogP contribution in [0.1, 0.15) is 19.3 Å². The fraction of sp³-hybridized carbons (Fsp3) is 1.00. The first-order chi connectivity index (χ1) is 67.9. The van der Waals surface area contributed by atoms with Crippen molar-refractivity contribution in [2.75, 3.05) is 257 Å². The Labute approximate surface area is 847 Å². The Morgan fingerprint density at radius 2 is 0.343 bits per heavy atom. The molecule has 0 aromatic carbocycles. The summed E-state index contributed by atoms with van der Waals surface area (Å²) in [5.41, 5.74) is 0. The van der Waals surface area contributed by atoms with Gasteiger partial charge in [-0.05, 0) is 12.8 Å². The lowest BCUT2D eigenvalue weighted by molar-refractivity contribution is -0.391. The van der Waals surface area contributed by atoms with E-state index in [2.05, 4.69) is 0 Å². The topological polar surface area (TPSA) is 707 Å². The van der Waals surface area contributed by atoms with Crippen molar-refractivity contribution in [3.8, 4) is 0 Å². The third-order valence-electron chi connectivity index (χ3n) is 23.7. The summed E-state index contributed by atoms with van der Waals surface area (Å²) in [6, 6.07) is 0.